The Balaban J connectivity index is 1.85. The number of nitrogens with zero attached hydrogens (tertiary/aromatic N) is 1. The standard InChI is InChI=1S/C25H33NO/c1-5-6-7-9-21-11-15-23(16-12-21)24-17-13-22(14-18-24)10-8-19-26(4)25(27)20(2)3/h11-18H,2,5-10,19H2,1,3-4H3. The number of rotatable bonds is 10. The Morgan fingerprint density at radius 2 is 1.33 bits per heavy atom. The smallest absolute Gasteiger partial charge is 0.248 e. The van der Waals surface area contributed by atoms with Gasteiger partial charge in [0.25, 0.3) is 0 Å². The van der Waals surface area contributed by atoms with Crippen molar-refractivity contribution in [2.75, 3.05) is 13.6 Å². The van der Waals surface area contributed by atoms with E-state index in [2.05, 4.69) is 62.0 Å². The Kier molecular flexibility index (Phi) is 8.32. The first-order chi connectivity index (χ1) is 13.0. The molecule has 2 nitrogen and oxygen atoms in total. The molecule has 2 aromatic carbocycles. The van der Waals surface area contributed by atoms with Crippen molar-refractivity contribution in [3.8, 4) is 11.1 Å². The summed E-state index contributed by atoms with van der Waals surface area (Å²) in [6, 6.07) is 17.8. The van der Waals surface area contributed by atoms with E-state index in [0.29, 0.717) is 5.57 Å². The Morgan fingerprint density at radius 3 is 1.78 bits per heavy atom. The van der Waals surface area contributed by atoms with Crippen LogP contribution in [0.25, 0.3) is 11.1 Å². The molecule has 0 saturated carbocycles. The van der Waals surface area contributed by atoms with E-state index in [1.54, 1.807) is 11.8 Å². The third-order valence-corrected chi connectivity index (χ3v) is 4.98. The molecule has 2 heteroatoms. The molecule has 1 amide bonds. The molecule has 0 atom stereocenters. The van der Waals surface area contributed by atoms with Crippen LogP contribution in [0.2, 0.25) is 0 Å². The molecule has 0 aliphatic heterocycles. The highest BCUT2D eigenvalue weighted by atomic mass is 16.2. The second kappa shape index (κ2) is 10.7. The van der Waals surface area contributed by atoms with Gasteiger partial charge in [-0.15, -0.1) is 0 Å². The molecular weight excluding hydrogens is 330 g/mol. The fourth-order valence-corrected chi connectivity index (χ4v) is 3.25. The number of hydrogen-bond acceptors (Lipinski definition) is 1. The van der Waals surface area contributed by atoms with Gasteiger partial charge in [0.1, 0.15) is 0 Å². The maximum atomic E-state index is 11.8. The Bertz CT molecular complexity index is 728. The van der Waals surface area contributed by atoms with Crippen molar-refractivity contribution >= 4 is 5.91 Å². The normalized spacial score (nSPS) is 10.6. The minimum Gasteiger partial charge on any atom is -0.342 e. The summed E-state index contributed by atoms with van der Waals surface area (Å²) in [5.41, 5.74) is 5.86. The fourth-order valence-electron chi connectivity index (χ4n) is 3.25. The van der Waals surface area contributed by atoms with Crippen LogP contribution < -0.4 is 0 Å². The lowest BCUT2D eigenvalue weighted by Crippen LogP contribution is -2.28. The summed E-state index contributed by atoms with van der Waals surface area (Å²) >= 11 is 0. The average molecular weight is 364 g/mol. The second-order valence-corrected chi connectivity index (χ2v) is 7.46. The van der Waals surface area contributed by atoms with E-state index in [4.69, 9.17) is 0 Å². The number of unbranched alkanes of at least 4 members (excludes halogenated alkanes) is 2. The van der Waals surface area contributed by atoms with E-state index in [9.17, 15) is 4.79 Å². The SMILES string of the molecule is C=C(C)C(=O)N(C)CCCc1ccc(-c2ccc(CCCCC)cc2)cc1. The van der Waals surface area contributed by atoms with Crippen LogP contribution in [0, 0.1) is 0 Å². The average Bonchev–Trinajstić information content (AvgIpc) is 2.68. The first kappa shape index (κ1) is 21.0. The van der Waals surface area contributed by atoms with E-state index in [1.807, 2.05) is 7.05 Å². The van der Waals surface area contributed by atoms with Crippen LogP contribution in [0.15, 0.2) is 60.7 Å². The van der Waals surface area contributed by atoms with Crippen LogP contribution in [0.5, 0.6) is 0 Å². The van der Waals surface area contributed by atoms with Gasteiger partial charge in [0.05, 0.1) is 0 Å². The van der Waals surface area contributed by atoms with Crippen molar-refractivity contribution in [1.82, 2.24) is 4.90 Å². The Morgan fingerprint density at radius 1 is 0.852 bits per heavy atom. The lowest BCUT2D eigenvalue weighted by molar-refractivity contribution is -0.125. The summed E-state index contributed by atoms with van der Waals surface area (Å²) in [4.78, 5) is 13.6. The zero-order valence-corrected chi connectivity index (χ0v) is 17.1. The van der Waals surface area contributed by atoms with Crippen molar-refractivity contribution in [2.24, 2.45) is 0 Å². The Labute approximate surface area is 164 Å². The molecule has 0 heterocycles. The largest absolute Gasteiger partial charge is 0.342 e. The molecular formula is C25H33NO. The maximum absolute atomic E-state index is 11.8. The zero-order valence-electron chi connectivity index (χ0n) is 17.1. The van der Waals surface area contributed by atoms with Gasteiger partial charge in [-0.25, -0.2) is 0 Å². The van der Waals surface area contributed by atoms with Crippen molar-refractivity contribution in [2.45, 2.75) is 52.4 Å². The molecule has 0 aliphatic carbocycles. The van der Waals surface area contributed by atoms with E-state index in [-0.39, 0.29) is 5.91 Å². The number of likely N-dealkylation sites (N-methyl/N-ethyl adjacent to an activating group) is 1. The van der Waals surface area contributed by atoms with Gasteiger partial charge in [-0.2, -0.15) is 0 Å². The number of amides is 1. The van der Waals surface area contributed by atoms with Gasteiger partial charge in [0, 0.05) is 19.2 Å². The molecule has 0 saturated heterocycles. The van der Waals surface area contributed by atoms with Crippen molar-refractivity contribution in [1.29, 1.82) is 0 Å². The predicted molar refractivity (Wildman–Crippen MR) is 116 cm³/mol. The van der Waals surface area contributed by atoms with Gasteiger partial charge < -0.3 is 4.90 Å². The van der Waals surface area contributed by atoms with Gasteiger partial charge in [0.15, 0.2) is 0 Å². The highest BCUT2D eigenvalue weighted by Crippen LogP contribution is 2.21. The topological polar surface area (TPSA) is 20.3 Å². The van der Waals surface area contributed by atoms with Crippen LogP contribution in [-0.4, -0.2) is 24.4 Å². The quantitative estimate of drug-likeness (QED) is 0.371. The number of aryl methyl sites for hydroxylation is 2. The summed E-state index contributed by atoms with van der Waals surface area (Å²) in [7, 11) is 1.84. The maximum Gasteiger partial charge on any atom is 0.248 e. The van der Waals surface area contributed by atoms with Gasteiger partial charge in [-0.1, -0.05) is 74.9 Å². The summed E-state index contributed by atoms with van der Waals surface area (Å²) < 4.78 is 0. The molecule has 0 spiro atoms. The van der Waals surface area contributed by atoms with Crippen molar-refractivity contribution in [3.05, 3.63) is 71.8 Å². The zero-order chi connectivity index (χ0) is 19.6. The summed E-state index contributed by atoms with van der Waals surface area (Å²) in [5, 5.41) is 0. The third-order valence-electron chi connectivity index (χ3n) is 4.98. The first-order valence-corrected chi connectivity index (χ1v) is 10.1. The number of hydrogen-bond donors (Lipinski definition) is 0. The minimum absolute atomic E-state index is 0.0310. The van der Waals surface area contributed by atoms with E-state index in [0.717, 1.165) is 19.4 Å². The van der Waals surface area contributed by atoms with Crippen molar-refractivity contribution < 1.29 is 4.79 Å². The lowest BCUT2D eigenvalue weighted by Gasteiger charge is -2.16. The molecule has 2 aromatic rings. The van der Waals surface area contributed by atoms with Crippen molar-refractivity contribution in [3.63, 3.8) is 0 Å². The summed E-state index contributed by atoms with van der Waals surface area (Å²) in [6.45, 7) is 8.47. The minimum atomic E-state index is 0.0310. The number of carbonyl (C=O) groups excluding carboxylic acids is 1. The van der Waals surface area contributed by atoms with Gasteiger partial charge in [-0.05, 0) is 54.9 Å². The summed E-state index contributed by atoms with van der Waals surface area (Å²) in [6.07, 6.45) is 6.96. The van der Waals surface area contributed by atoms with Crippen LogP contribution >= 0.6 is 0 Å². The first-order valence-electron chi connectivity index (χ1n) is 10.1. The van der Waals surface area contributed by atoms with Gasteiger partial charge in [0.2, 0.25) is 5.91 Å². The van der Waals surface area contributed by atoms with E-state index in [1.165, 1.54) is 47.9 Å². The van der Waals surface area contributed by atoms with Crippen LogP contribution in [0.4, 0.5) is 0 Å². The number of benzene rings is 2. The molecule has 0 fully saturated rings. The monoisotopic (exact) mass is 363 g/mol. The molecule has 0 aromatic heterocycles. The third kappa shape index (κ3) is 6.71. The molecule has 2 rings (SSSR count). The highest BCUT2D eigenvalue weighted by Gasteiger charge is 2.08. The molecule has 0 bridgehead atoms. The van der Waals surface area contributed by atoms with Crippen LogP contribution in [0.3, 0.4) is 0 Å². The summed E-state index contributed by atoms with van der Waals surface area (Å²) in [5.74, 6) is 0.0310. The highest BCUT2D eigenvalue weighted by molar-refractivity contribution is 5.91. The lowest BCUT2D eigenvalue weighted by atomic mass is 9.99. The molecule has 27 heavy (non-hydrogen) atoms. The molecule has 0 N–H and O–H groups in total. The fraction of sp³-hybridized carbons (Fsp3) is 0.400. The van der Waals surface area contributed by atoms with Crippen LogP contribution in [0.1, 0.15) is 50.7 Å². The van der Waals surface area contributed by atoms with E-state index < -0.39 is 0 Å². The second-order valence-electron chi connectivity index (χ2n) is 7.46. The van der Waals surface area contributed by atoms with Gasteiger partial charge in [-0.3, -0.25) is 4.79 Å². The molecule has 0 unspecified atom stereocenters. The molecule has 144 valence electrons. The molecule has 0 aliphatic rings. The molecule has 0 radical (unpaired) electrons. The van der Waals surface area contributed by atoms with E-state index >= 15 is 0 Å². The predicted octanol–water partition coefficient (Wildman–Crippen LogP) is 6.05. The number of carbonyl (C=O) groups is 1. The Hall–Kier alpha value is -2.35. The van der Waals surface area contributed by atoms with Crippen LogP contribution in [-0.2, 0) is 17.6 Å². The van der Waals surface area contributed by atoms with Gasteiger partial charge >= 0.3 is 0 Å².